The Morgan fingerprint density at radius 2 is 1.77 bits per heavy atom. The van der Waals surface area contributed by atoms with E-state index in [4.69, 9.17) is 7.85 Å². The molecule has 0 unspecified atom stereocenters. The lowest BCUT2D eigenvalue weighted by Crippen LogP contribution is -2.15. The van der Waals surface area contributed by atoms with E-state index in [1.807, 2.05) is 48.5 Å². The molecule has 6 heteroatoms. The van der Waals surface area contributed by atoms with Gasteiger partial charge in [-0.3, -0.25) is 4.79 Å². The summed E-state index contributed by atoms with van der Waals surface area (Å²) in [4.78, 5) is 17.1. The average molecular weight is 355 g/mol. The van der Waals surface area contributed by atoms with Crippen molar-refractivity contribution >= 4 is 57.3 Å². The molecule has 4 nitrogen and oxygen atoms in total. The molecule has 4 rings (SSSR count). The summed E-state index contributed by atoms with van der Waals surface area (Å²) in [5.41, 5.74) is 3.47. The van der Waals surface area contributed by atoms with E-state index < -0.39 is 0 Å². The number of para-hydroxylation sites is 2. The highest BCUT2D eigenvalue weighted by Gasteiger charge is 2.12. The number of thiazole rings is 1. The van der Waals surface area contributed by atoms with Crippen LogP contribution in [0.25, 0.3) is 10.2 Å². The van der Waals surface area contributed by atoms with Crippen molar-refractivity contribution in [3.8, 4) is 0 Å². The Morgan fingerprint density at radius 3 is 2.58 bits per heavy atom. The fourth-order valence-corrected chi connectivity index (χ4v) is 3.54. The first-order chi connectivity index (χ1) is 12.7. The molecule has 0 atom stereocenters. The van der Waals surface area contributed by atoms with Crippen molar-refractivity contribution in [2.75, 3.05) is 10.6 Å². The molecular formula is C20H14BN3OS. The number of hydrogen-bond acceptors (Lipinski definition) is 4. The van der Waals surface area contributed by atoms with Gasteiger partial charge in [-0.15, -0.1) is 0 Å². The van der Waals surface area contributed by atoms with Crippen LogP contribution in [0.15, 0.2) is 72.8 Å². The molecule has 1 amide bonds. The molecule has 0 bridgehead atoms. The quantitative estimate of drug-likeness (QED) is 0.542. The molecule has 0 saturated carbocycles. The smallest absolute Gasteiger partial charge is 0.255 e. The molecule has 26 heavy (non-hydrogen) atoms. The molecule has 1 aromatic heterocycles. The lowest BCUT2D eigenvalue weighted by atomic mass is 9.94. The molecule has 0 saturated heterocycles. The molecule has 4 aromatic rings. The van der Waals surface area contributed by atoms with E-state index in [1.54, 1.807) is 24.3 Å². The van der Waals surface area contributed by atoms with Crippen molar-refractivity contribution in [2.45, 2.75) is 0 Å². The standard InChI is InChI=1S/C20H14BN3OS/c21-14-7-4-6-13(12-14)19(25)23-16-10-5-11-17-18(16)24-20(26-17)22-15-8-2-1-3-9-15/h1-12H,(H,22,24)(H,23,25). The SMILES string of the molecule is [B]c1cccc(C(=O)Nc2cccc3sc(Nc4ccccc4)nc23)c1. The van der Waals surface area contributed by atoms with Gasteiger partial charge in [0, 0.05) is 11.3 Å². The van der Waals surface area contributed by atoms with Gasteiger partial charge in [-0.05, 0) is 30.3 Å². The maximum absolute atomic E-state index is 12.5. The molecule has 1 heterocycles. The van der Waals surface area contributed by atoms with Crippen LogP contribution in [0.4, 0.5) is 16.5 Å². The highest BCUT2D eigenvalue weighted by molar-refractivity contribution is 7.22. The Morgan fingerprint density at radius 1 is 0.962 bits per heavy atom. The van der Waals surface area contributed by atoms with Crippen LogP contribution in [0.5, 0.6) is 0 Å². The van der Waals surface area contributed by atoms with Crippen LogP contribution in [-0.2, 0) is 0 Å². The number of rotatable bonds is 4. The Hall–Kier alpha value is -3.12. The van der Waals surface area contributed by atoms with Crippen molar-refractivity contribution in [1.29, 1.82) is 0 Å². The van der Waals surface area contributed by atoms with Crippen LogP contribution in [0.3, 0.4) is 0 Å². The minimum Gasteiger partial charge on any atom is -0.332 e. The minimum absolute atomic E-state index is 0.213. The summed E-state index contributed by atoms with van der Waals surface area (Å²) in [7, 11) is 5.76. The van der Waals surface area contributed by atoms with Crippen LogP contribution in [0, 0.1) is 0 Å². The lowest BCUT2D eigenvalue weighted by Gasteiger charge is -2.06. The summed E-state index contributed by atoms with van der Waals surface area (Å²) >= 11 is 1.54. The zero-order valence-corrected chi connectivity index (χ0v) is 14.6. The normalized spacial score (nSPS) is 10.6. The zero-order chi connectivity index (χ0) is 17.9. The molecule has 0 aliphatic heterocycles. The number of carbonyl (C=O) groups is 1. The number of anilines is 3. The number of amides is 1. The molecule has 0 spiro atoms. The fraction of sp³-hybridized carbons (Fsp3) is 0. The van der Waals surface area contributed by atoms with E-state index in [0.29, 0.717) is 16.7 Å². The summed E-state index contributed by atoms with van der Waals surface area (Å²) in [6.07, 6.45) is 0. The van der Waals surface area contributed by atoms with Crippen LogP contribution in [0.1, 0.15) is 10.4 Å². The lowest BCUT2D eigenvalue weighted by molar-refractivity contribution is 0.102. The topological polar surface area (TPSA) is 54.0 Å². The maximum atomic E-state index is 12.5. The maximum Gasteiger partial charge on any atom is 0.255 e. The highest BCUT2D eigenvalue weighted by atomic mass is 32.1. The molecule has 3 aromatic carbocycles. The molecule has 2 radical (unpaired) electrons. The number of nitrogens with one attached hydrogen (secondary N) is 2. The van der Waals surface area contributed by atoms with Crippen LogP contribution in [0.2, 0.25) is 0 Å². The van der Waals surface area contributed by atoms with Crippen LogP contribution in [-0.4, -0.2) is 18.7 Å². The second kappa shape index (κ2) is 7.02. The Labute approximate surface area is 156 Å². The van der Waals surface area contributed by atoms with Gasteiger partial charge in [0.05, 0.1) is 10.4 Å². The summed E-state index contributed by atoms with van der Waals surface area (Å²) in [6, 6.07) is 22.5. The Kier molecular flexibility index (Phi) is 4.41. The molecule has 0 fully saturated rings. The van der Waals surface area contributed by atoms with Gasteiger partial charge in [-0.1, -0.05) is 59.3 Å². The van der Waals surface area contributed by atoms with Crippen molar-refractivity contribution in [2.24, 2.45) is 0 Å². The van der Waals surface area contributed by atoms with Crippen LogP contribution >= 0.6 is 11.3 Å². The third-order valence-corrected chi connectivity index (χ3v) is 4.78. The summed E-state index contributed by atoms with van der Waals surface area (Å²) in [5, 5.41) is 6.99. The fourth-order valence-electron chi connectivity index (χ4n) is 2.62. The Balaban J connectivity index is 1.62. The number of carbonyl (C=O) groups excluding carboxylic acids is 1. The third-order valence-electron chi connectivity index (χ3n) is 3.84. The summed E-state index contributed by atoms with van der Waals surface area (Å²) < 4.78 is 0.994. The zero-order valence-electron chi connectivity index (χ0n) is 13.8. The predicted octanol–water partition coefficient (Wildman–Crippen LogP) is 4.09. The molecule has 124 valence electrons. The van der Waals surface area contributed by atoms with Gasteiger partial charge >= 0.3 is 0 Å². The number of fused-ring (bicyclic) bond motifs is 1. The van der Waals surface area contributed by atoms with Gasteiger partial charge in [0.25, 0.3) is 5.91 Å². The van der Waals surface area contributed by atoms with E-state index in [0.717, 1.165) is 21.0 Å². The summed E-state index contributed by atoms with van der Waals surface area (Å²) in [6.45, 7) is 0. The number of benzene rings is 3. The van der Waals surface area contributed by atoms with Crippen molar-refractivity contribution in [3.05, 3.63) is 78.4 Å². The first kappa shape index (κ1) is 16.4. The van der Waals surface area contributed by atoms with E-state index >= 15 is 0 Å². The van der Waals surface area contributed by atoms with Gasteiger partial charge < -0.3 is 10.6 Å². The van der Waals surface area contributed by atoms with E-state index in [2.05, 4.69) is 15.6 Å². The molecular weight excluding hydrogens is 341 g/mol. The molecule has 0 aliphatic carbocycles. The summed E-state index contributed by atoms with van der Waals surface area (Å²) in [5.74, 6) is -0.213. The minimum atomic E-state index is -0.213. The van der Waals surface area contributed by atoms with Gasteiger partial charge in [-0.2, -0.15) is 0 Å². The molecule has 2 N–H and O–H groups in total. The predicted molar refractivity (Wildman–Crippen MR) is 109 cm³/mol. The monoisotopic (exact) mass is 355 g/mol. The molecule has 0 aliphatic rings. The third kappa shape index (κ3) is 3.46. The van der Waals surface area contributed by atoms with Crippen molar-refractivity contribution < 1.29 is 4.79 Å². The first-order valence-corrected chi connectivity index (χ1v) is 8.89. The first-order valence-electron chi connectivity index (χ1n) is 8.07. The largest absolute Gasteiger partial charge is 0.332 e. The van der Waals surface area contributed by atoms with Crippen molar-refractivity contribution in [1.82, 2.24) is 4.98 Å². The number of aromatic nitrogens is 1. The van der Waals surface area contributed by atoms with Gasteiger partial charge in [0.2, 0.25) is 0 Å². The van der Waals surface area contributed by atoms with E-state index in [-0.39, 0.29) is 5.91 Å². The van der Waals surface area contributed by atoms with Gasteiger partial charge in [-0.25, -0.2) is 4.98 Å². The Bertz CT molecular complexity index is 1080. The van der Waals surface area contributed by atoms with E-state index in [1.165, 1.54) is 11.3 Å². The second-order valence-electron chi connectivity index (χ2n) is 5.74. The van der Waals surface area contributed by atoms with Crippen LogP contribution < -0.4 is 16.1 Å². The number of hydrogen-bond donors (Lipinski definition) is 2. The van der Waals surface area contributed by atoms with E-state index in [9.17, 15) is 4.79 Å². The average Bonchev–Trinajstić information content (AvgIpc) is 3.06. The van der Waals surface area contributed by atoms with Gasteiger partial charge in [0.1, 0.15) is 13.4 Å². The van der Waals surface area contributed by atoms with Crippen molar-refractivity contribution in [3.63, 3.8) is 0 Å². The number of nitrogens with zero attached hydrogens (tertiary/aromatic N) is 1. The highest BCUT2D eigenvalue weighted by Crippen LogP contribution is 2.32. The second-order valence-corrected chi connectivity index (χ2v) is 6.77. The van der Waals surface area contributed by atoms with Gasteiger partial charge in [0.15, 0.2) is 5.13 Å².